The van der Waals surface area contributed by atoms with E-state index in [-0.39, 0.29) is 10.6 Å². The smallest absolute Gasteiger partial charge is 0.270 e. The van der Waals surface area contributed by atoms with E-state index in [0.29, 0.717) is 17.7 Å². The Morgan fingerprint density at radius 1 is 0.929 bits per heavy atom. The molecular formula is C21H18N2O4S. The lowest BCUT2D eigenvalue weighted by molar-refractivity contribution is -0.106. The Balaban J connectivity index is 2.00. The van der Waals surface area contributed by atoms with Crippen LogP contribution in [-0.4, -0.2) is 26.9 Å². The molecule has 28 heavy (non-hydrogen) atoms. The molecule has 0 fully saturated rings. The van der Waals surface area contributed by atoms with Crippen molar-refractivity contribution in [3.63, 3.8) is 0 Å². The molecule has 0 atom stereocenters. The number of hydrogen-bond acceptors (Lipinski definition) is 5. The van der Waals surface area contributed by atoms with Crippen LogP contribution in [-0.2, 0) is 14.8 Å². The molecule has 0 radical (unpaired) electrons. The van der Waals surface area contributed by atoms with Crippen LogP contribution in [0.15, 0.2) is 78.0 Å². The molecule has 0 aliphatic rings. The molecule has 1 aromatic heterocycles. The van der Waals surface area contributed by atoms with Gasteiger partial charge in [-0.3, -0.25) is 9.78 Å². The molecule has 1 amide bonds. The Labute approximate surface area is 163 Å². The zero-order valence-electron chi connectivity index (χ0n) is 15.1. The molecule has 0 saturated heterocycles. The first-order chi connectivity index (χ1) is 13.6. The van der Waals surface area contributed by atoms with Crippen molar-refractivity contribution in [1.82, 2.24) is 4.98 Å². The van der Waals surface area contributed by atoms with E-state index < -0.39 is 10.0 Å². The maximum Gasteiger partial charge on any atom is 0.270 e. The van der Waals surface area contributed by atoms with Crippen molar-refractivity contribution in [3.8, 4) is 5.75 Å². The van der Waals surface area contributed by atoms with Crippen LogP contribution in [0, 0.1) is 0 Å². The summed E-state index contributed by atoms with van der Waals surface area (Å²) in [4.78, 5) is 15.7. The second-order valence-corrected chi connectivity index (χ2v) is 7.57. The molecule has 0 unspecified atom stereocenters. The number of benzene rings is 2. The van der Waals surface area contributed by atoms with Gasteiger partial charge in [-0.25, -0.2) is 12.7 Å². The maximum atomic E-state index is 13.0. The summed E-state index contributed by atoms with van der Waals surface area (Å²) in [6.07, 6.45) is 7.21. The molecule has 0 N–H and O–H groups in total. The van der Waals surface area contributed by atoms with Crippen molar-refractivity contribution in [2.45, 2.75) is 4.90 Å². The van der Waals surface area contributed by atoms with Gasteiger partial charge in [-0.1, -0.05) is 30.4 Å². The van der Waals surface area contributed by atoms with Gasteiger partial charge in [0.2, 0.25) is 6.41 Å². The van der Waals surface area contributed by atoms with Gasteiger partial charge in [0.05, 0.1) is 17.7 Å². The van der Waals surface area contributed by atoms with Gasteiger partial charge in [0.25, 0.3) is 10.0 Å². The fraction of sp³-hybridized carbons (Fsp3) is 0.0476. The number of anilines is 1. The molecule has 0 spiro atoms. The lowest BCUT2D eigenvalue weighted by Gasteiger charge is -2.20. The second-order valence-electron chi connectivity index (χ2n) is 5.75. The summed E-state index contributed by atoms with van der Waals surface area (Å²) in [6.45, 7) is 0. The van der Waals surface area contributed by atoms with Crippen molar-refractivity contribution in [3.05, 3.63) is 84.2 Å². The Morgan fingerprint density at radius 2 is 1.61 bits per heavy atom. The predicted octanol–water partition coefficient (Wildman–Crippen LogP) is 3.61. The van der Waals surface area contributed by atoms with Crippen LogP contribution in [0.5, 0.6) is 5.75 Å². The second kappa shape index (κ2) is 8.49. The summed E-state index contributed by atoms with van der Waals surface area (Å²) in [5.74, 6) is 0.525. The number of carbonyl (C=O) groups is 1. The number of aromatic nitrogens is 1. The molecule has 3 aromatic rings. The summed E-state index contributed by atoms with van der Waals surface area (Å²) in [5.41, 5.74) is 1.75. The topological polar surface area (TPSA) is 76.6 Å². The van der Waals surface area contributed by atoms with E-state index in [2.05, 4.69) is 4.98 Å². The van der Waals surface area contributed by atoms with E-state index in [4.69, 9.17) is 4.74 Å². The van der Waals surface area contributed by atoms with Crippen LogP contribution >= 0.6 is 0 Å². The van der Waals surface area contributed by atoms with Gasteiger partial charge in [0, 0.05) is 12.4 Å². The lowest BCUT2D eigenvalue weighted by atomic mass is 10.1. The molecule has 2 aromatic carbocycles. The van der Waals surface area contributed by atoms with Crippen molar-refractivity contribution in [2.24, 2.45) is 0 Å². The largest absolute Gasteiger partial charge is 0.497 e. The zero-order valence-corrected chi connectivity index (χ0v) is 15.9. The molecule has 6 nitrogen and oxygen atoms in total. The third kappa shape index (κ3) is 4.10. The Morgan fingerprint density at radius 3 is 2.25 bits per heavy atom. The van der Waals surface area contributed by atoms with Gasteiger partial charge in [-0.2, -0.15) is 0 Å². The van der Waals surface area contributed by atoms with Crippen molar-refractivity contribution >= 4 is 34.3 Å². The molecule has 0 saturated carbocycles. The molecule has 0 bridgehead atoms. The summed E-state index contributed by atoms with van der Waals surface area (Å²) >= 11 is 0. The van der Waals surface area contributed by atoms with Gasteiger partial charge in [-0.05, 0) is 53.6 Å². The van der Waals surface area contributed by atoms with Gasteiger partial charge in [-0.15, -0.1) is 0 Å². The fourth-order valence-corrected chi connectivity index (χ4v) is 3.84. The van der Waals surface area contributed by atoms with Crippen LogP contribution in [0.1, 0.15) is 11.1 Å². The highest BCUT2D eigenvalue weighted by Crippen LogP contribution is 2.28. The van der Waals surface area contributed by atoms with Gasteiger partial charge < -0.3 is 4.74 Å². The van der Waals surface area contributed by atoms with Crippen LogP contribution in [0.3, 0.4) is 0 Å². The maximum absolute atomic E-state index is 13.0. The van der Waals surface area contributed by atoms with Crippen LogP contribution < -0.4 is 9.04 Å². The van der Waals surface area contributed by atoms with E-state index in [1.165, 1.54) is 31.4 Å². The highest BCUT2D eigenvalue weighted by Gasteiger charge is 2.26. The molecule has 142 valence electrons. The van der Waals surface area contributed by atoms with Crippen molar-refractivity contribution < 1.29 is 17.9 Å². The molecular weight excluding hydrogens is 376 g/mol. The number of ether oxygens (including phenoxy) is 1. The van der Waals surface area contributed by atoms with Gasteiger partial charge >= 0.3 is 0 Å². The molecule has 3 rings (SSSR count). The van der Waals surface area contributed by atoms with E-state index in [1.54, 1.807) is 42.7 Å². The van der Waals surface area contributed by atoms with E-state index in [9.17, 15) is 13.2 Å². The number of carbonyl (C=O) groups excluding carboxylic acids is 1. The van der Waals surface area contributed by atoms with Gasteiger partial charge in [0.1, 0.15) is 5.75 Å². The first kappa shape index (κ1) is 19.3. The van der Waals surface area contributed by atoms with E-state index >= 15 is 0 Å². The minimum absolute atomic E-state index is 0.00619. The van der Waals surface area contributed by atoms with Crippen molar-refractivity contribution in [2.75, 3.05) is 11.4 Å². The first-order valence-electron chi connectivity index (χ1n) is 8.37. The molecule has 0 aliphatic carbocycles. The van der Waals surface area contributed by atoms with E-state index in [1.807, 2.05) is 18.2 Å². The number of methoxy groups -OCH3 is 1. The van der Waals surface area contributed by atoms with Crippen LogP contribution in [0.4, 0.5) is 5.69 Å². The lowest BCUT2D eigenvalue weighted by Crippen LogP contribution is -2.30. The summed E-state index contributed by atoms with van der Waals surface area (Å²) in [6, 6.07) is 16.3. The number of sulfonamides is 1. The fourth-order valence-electron chi connectivity index (χ4n) is 2.59. The summed E-state index contributed by atoms with van der Waals surface area (Å²) < 4.78 is 31.8. The highest BCUT2D eigenvalue weighted by molar-refractivity contribution is 7.93. The Kier molecular flexibility index (Phi) is 5.86. The SMILES string of the molecule is COc1ccc(S(=O)(=O)N(C=O)c2ccccc2/C=C/c2ccncc2)cc1. The minimum atomic E-state index is -4.07. The quantitative estimate of drug-likeness (QED) is 0.572. The van der Waals surface area contributed by atoms with Crippen LogP contribution in [0.2, 0.25) is 0 Å². The van der Waals surface area contributed by atoms with Crippen molar-refractivity contribution in [1.29, 1.82) is 0 Å². The third-order valence-electron chi connectivity index (χ3n) is 4.05. The predicted molar refractivity (Wildman–Crippen MR) is 108 cm³/mol. The average molecular weight is 394 g/mol. The number of nitrogens with zero attached hydrogens (tertiary/aromatic N) is 2. The Hall–Kier alpha value is -3.45. The summed E-state index contributed by atoms with van der Waals surface area (Å²) in [5, 5.41) is 0. The standard InChI is InChI=1S/C21H18N2O4S/c1-27-19-8-10-20(11-9-19)28(25,26)23(16-24)21-5-3-2-4-18(21)7-6-17-12-14-22-15-13-17/h2-16H,1H3/b7-6+. The average Bonchev–Trinajstić information content (AvgIpc) is 2.74. The third-order valence-corrected chi connectivity index (χ3v) is 5.72. The van der Waals surface area contributed by atoms with Gasteiger partial charge in [0.15, 0.2) is 0 Å². The number of hydrogen-bond donors (Lipinski definition) is 0. The van der Waals surface area contributed by atoms with Crippen LogP contribution in [0.25, 0.3) is 12.2 Å². The zero-order chi connectivity index (χ0) is 20.0. The minimum Gasteiger partial charge on any atom is -0.497 e. The number of pyridine rings is 1. The van der Waals surface area contributed by atoms with E-state index in [0.717, 1.165) is 9.87 Å². The number of amides is 1. The monoisotopic (exact) mass is 394 g/mol. The first-order valence-corrected chi connectivity index (χ1v) is 9.81. The Bertz CT molecular complexity index is 1080. The normalized spacial score (nSPS) is 11.3. The number of para-hydroxylation sites is 1. The molecule has 0 aliphatic heterocycles. The highest BCUT2D eigenvalue weighted by atomic mass is 32.2. The molecule has 1 heterocycles. The molecule has 7 heteroatoms. The number of rotatable bonds is 7. The summed E-state index contributed by atoms with van der Waals surface area (Å²) in [7, 11) is -2.58.